The summed E-state index contributed by atoms with van der Waals surface area (Å²) in [4.78, 5) is 22.3. The van der Waals surface area contributed by atoms with Gasteiger partial charge in [-0.3, -0.25) is 9.59 Å². The van der Waals surface area contributed by atoms with E-state index in [4.69, 9.17) is 25.4 Å². The first kappa shape index (κ1) is 18.5. The first-order valence-electron chi connectivity index (χ1n) is 8.24. The number of ether oxygens (including phenoxy) is 4. The van der Waals surface area contributed by atoms with Crippen molar-refractivity contribution in [3.05, 3.63) is 12.2 Å². The second-order valence-corrected chi connectivity index (χ2v) is 6.12. The lowest BCUT2D eigenvalue weighted by molar-refractivity contribution is -0.226. The molecule has 0 unspecified atom stereocenters. The van der Waals surface area contributed by atoms with Crippen molar-refractivity contribution < 1.29 is 28.5 Å². The fourth-order valence-electron chi connectivity index (χ4n) is 2.97. The number of carbonyl (C=O) groups excluding carboxylic acids is 2. The van der Waals surface area contributed by atoms with Crippen LogP contribution in [0.15, 0.2) is 12.2 Å². The second kappa shape index (κ2) is 8.32. The molecule has 24 heavy (non-hydrogen) atoms. The van der Waals surface area contributed by atoms with Gasteiger partial charge in [-0.25, -0.2) is 0 Å². The molecule has 0 N–H and O–H groups in total. The molecule has 2 aliphatic rings. The van der Waals surface area contributed by atoms with Crippen LogP contribution in [-0.2, 0) is 28.5 Å². The Kier molecular flexibility index (Phi) is 6.41. The summed E-state index contributed by atoms with van der Waals surface area (Å²) >= 11 is 0. The van der Waals surface area contributed by atoms with Crippen LogP contribution in [0.5, 0.6) is 0 Å². The SMILES string of the molecule is C#CC1(O[C@@H]2C=C[C@H](OC(C)=O)[C@@H](COC(C)=O)O2)CCCCC1. The van der Waals surface area contributed by atoms with Gasteiger partial charge in [-0.2, -0.15) is 0 Å². The number of terminal acetylenes is 1. The molecule has 0 radical (unpaired) electrons. The van der Waals surface area contributed by atoms with Crippen LogP contribution in [0.4, 0.5) is 0 Å². The highest BCUT2D eigenvalue weighted by molar-refractivity contribution is 5.66. The van der Waals surface area contributed by atoms with Crippen LogP contribution < -0.4 is 0 Å². The first-order valence-corrected chi connectivity index (χ1v) is 8.24. The topological polar surface area (TPSA) is 71.1 Å². The quantitative estimate of drug-likeness (QED) is 0.435. The van der Waals surface area contributed by atoms with Crippen LogP contribution in [0.2, 0.25) is 0 Å². The summed E-state index contributed by atoms with van der Waals surface area (Å²) in [6.45, 7) is 2.60. The van der Waals surface area contributed by atoms with Crippen LogP contribution >= 0.6 is 0 Å². The molecule has 1 fully saturated rings. The molecule has 2 rings (SSSR count). The molecule has 1 aliphatic carbocycles. The van der Waals surface area contributed by atoms with E-state index in [9.17, 15) is 9.59 Å². The highest BCUT2D eigenvalue weighted by Crippen LogP contribution is 2.33. The van der Waals surface area contributed by atoms with Gasteiger partial charge in [0.05, 0.1) is 0 Å². The van der Waals surface area contributed by atoms with Gasteiger partial charge >= 0.3 is 11.9 Å². The minimum absolute atomic E-state index is 0.0272. The van der Waals surface area contributed by atoms with Gasteiger partial charge in [0.1, 0.15) is 24.4 Å². The maximum atomic E-state index is 11.2. The van der Waals surface area contributed by atoms with Gasteiger partial charge in [-0.05, 0) is 37.8 Å². The Bertz CT molecular complexity index is 526. The van der Waals surface area contributed by atoms with Gasteiger partial charge in [0, 0.05) is 13.8 Å². The Morgan fingerprint density at radius 3 is 2.50 bits per heavy atom. The fourth-order valence-corrected chi connectivity index (χ4v) is 2.97. The molecule has 1 heterocycles. The average molecular weight is 336 g/mol. The lowest BCUT2D eigenvalue weighted by Crippen LogP contribution is -2.45. The number of hydrogen-bond acceptors (Lipinski definition) is 6. The molecule has 0 amide bonds. The average Bonchev–Trinajstić information content (AvgIpc) is 2.55. The van der Waals surface area contributed by atoms with E-state index in [2.05, 4.69) is 5.92 Å². The zero-order valence-electron chi connectivity index (χ0n) is 14.2. The summed E-state index contributed by atoms with van der Waals surface area (Å²) < 4.78 is 22.0. The Balaban J connectivity index is 2.05. The third kappa shape index (κ3) is 5.08. The van der Waals surface area contributed by atoms with Crippen molar-refractivity contribution in [3.63, 3.8) is 0 Å². The number of esters is 2. The molecule has 0 saturated heterocycles. The molecule has 0 spiro atoms. The molecule has 0 aromatic carbocycles. The van der Waals surface area contributed by atoms with Gasteiger partial charge in [-0.1, -0.05) is 12.3 Å². The van der Waals surface area contributed by atoms with E-state index in [1.807, 2.05) is 0 Å². The zero-order chi connectivity index (χ0) is 17.6. The minimum Gasteiger partial charge on any atom is -0.463 e. The fraction of sp³-hybridized carbons (Fsp3) is 0.667. The molecule has 3 atom stereocenters. The van der Waals surface area contributed by atoms with E-state index in [0.29, 0.717) is 0 Å². The molecule has 0 aromatic heterocycles. The van der Waals surface area contributed by atoms with Crippen LogP contribution in [0.3, 0.4) is 0 Å². The van der Waals surface area contributed by atoms with Crippen LogP contribution in [0.25, 0.3) is 0 Å². The molecule has 1 saturated carbocycles. The van der Waals surface area contributed by atoms with Crippen molar-refractivity contribution in [3.8, 4) is 12.3 Å². The van der Waals surface area contributed by atoms with E-state index in [1.54, 1.807) is 12.2 Å². The molecule has 132 valence electrons. The van der Waals surface area contributed by atoms with Crippen LogP contribution in [0.1, 0.15) is 46.0 Å². The minimum atomic E-state index is -0.661. The van der Waals surface area contributed by atoms with Crippen LogP contribution in [0, 0.1) is 12.3 Å². The lowest BCUT2D eigenvalue weighted by atomic mass is 9.85. The second-order valence-electron chi connectivity index (χ2n) is 6.12. The Morgan fingerprint density at radius 1 is 1.21 bits per heavy atom. The Labute approximate surface area is 142 Å². The Hall–Kier alpha value is -1.84. The number of rotatable bonds is 5. The molecular formula is C18H24O6. The van der Waals surface area contributed by atoms with Crippen molar-refractivity contribution in [2.45, 2.75) is 70.1 Å². The zero-order valence-corrected chi connectivity index (χ0v) is 14.2. The van der Waals surface area contributed by atoms with Gasteiger partial charge in [0.2, 0.25) is 0 Å². The number of hydrogen-bond donors (Lipinski definition) is 0. The molecule has 6 heteroatoms. The summed E-state index contributed by atoms with van der Waals surface area (Å²) in [6, 6.07) is 0. The summed E-state index contributed by atoms with van der Waals surface area (Å²) in [5.74, 6) is 1.90. The molecule has 0 bridgehead atoms. The van der Waals surface area contributed by atoms with Gasteiger partial charge < -0.3 is 18.9 Å². The predicted octanol–water partition coefficient (Wildman–Crippen LogP) is 2.11. The molecule has 6 nitrogen and oxygen atoms in total. The van der Waals surface area contributed by atoms with Crippen molar-refractivity contribution in [1.82, 2.24) is 0 Å². The maximum absolute atomic E-state index is 11.2. The summed E-state index contributed by atoms with van der Waals surface area (Å²) in [5, 5.41) is 0. The predicted molar refractivity (Wildman–Crippen MR) is 85.7 cm³/mol. The Morgan fingerprint density at radius 2 is 1.92 bits per heavy atom. The highest BCUT2D eigenvalue weighted by Gasteiger charge is 2.37. The van der Waals surface area contributed by atoms with Crippen molar-refractivity contribution >= 4 is 11.9 Å². The third-order valence-corrected chi connectivity index (χ3v) is 4.15. The highest BCUT2D eigenvalue weighted by atomic mass is 16.7. The van der Waals surface area contributed by atoms with Gasteiger partial charge in [0.15, 0.2) is 6.29 Å². The van der Waals surface area contributed by atoms with Crippen LogP contribution in [-0.4, -0.2) is 42.6 Å². The largest absolute Gasteiger partial charge is 0.463 e. The number of carbonyl (C=O) groups is 2. The lowest BCUT2D eigenvalue weighted by Gasteiger charge is -2.38. The van der Waals surface area contributed by atoms with Crippen molar-refractivity contribution in [1.29, 1.82) is 0 Å². The molecule has 1 aliphatic heterocycles. The van der Waals surface area contributed by atoms with Gasteiger partial charge in [0.25, 0.3) is 0 Å². The van der Waals surface area contributed by atoms with E-state index in [-0.39, 0.29) is 6.61 Å². The van der Waals surface area contributed by atoms with E-state index >= 15 is 0 Å². The first-order chi connectivity index (χ1) is 11.4. The molecular weight excluding hydrogens is 312 g/mol. The standard InChI is InChI=1S/C18H24O6/c1-4-18(10-6-5-7-11-18)24-17-9-8-15(22-14(3)20)16(23-17)12-21-13(2)19/h1,8-9,15-17H,5-7,10-12H2,2-3H3/t15-,16+,17+/m0/s1. The van der Waals surface area contributed by atoms with Gasteiger partial charge in [-0.15, -0.1) is 6.42 Å². The summed E-state index contributed by atoms with van der Waals surface area (Å²) in [7, 11) is 0. The smallest absolute Gasteiger partial charge is 0.303 e. The van der Waals surface area contributed by atoms with Crippen molar-refractivity contribution in [2.75, 3.05) is 6.61 Å². The molecule has 0 aromatic rings. The van der Waals surface area contributed by atoms with E-state index in [1.165, 1.54) is 13.8 Å². The summed E-state index contributed by atoms with van der Waals surface area (Å²) in [5.41, 5.74) is -0.631. The van der Waals surface area contributed by atoms with E-state index in [0.717, 1.165) is 32.1 Å². The maximum Gasteiger partial charge on any atom is 0.303 e. The van der Waals surface area contributed by atoms with Crippen molar-refractivity contribution in [2.24, 2.45) is 0 Å². The van der Waals surface area contributed by atoms with E-state index < -0.39 is 36.0 Å². The monoisotopic (exact) mass is 336 g/mol. The summed E-state index contributed by atoms with van der Waals surface area (Å²) in [6.07, 6.45) is 11.9. The third-order valence-electron chi connectivity index (χ3n) is 4.15. The normalized spacial score (nSPS) is 28.6.